The molecule has 6 aromatic rings. The Labute approximate surface area is 243 Å². The molecule has 0 amide bonds. The van der Waals surface area contributed by atoms with Crippen molar-refractivity contribution in [2.45, 2.75) is 31.8 Å². The average Bonchev–Trinajstić information content (AvgIpc) is 3.56. The molecule has 1 unspecified atom stereocenters. The normalized spacial score (nSPS) is 16.9. The number of benzene rings is 4. The summed E-state index contributed by atoms with van der Waals surface area (Å²) in [5, 5.41) is 5.34. The van der Waals surface area contributed by atoms with Crippen LogP contribution >= 0.6 is 0 Å². The van der Waals surface area contributed by atoms with E-state index in [1.807, 2.05) is 36.4 Å². The highest BCUT2D eigenvalue weighted by Crippen LogP contribution is 2.55. The number of rotatable bonds is 2. The van der Waals surface area contributed by atoms with Gasteiger partial charge in [0, 0.05) is 16.7 Å². The minimum Gasteiger partial charge on any atom is -0.455 e. The summed E-state index contributed by atoms with van der Waals surface area (Å²) in [6.45, 7) is 6.67. The first-order valence-electron chi connectivity index (χ1n) is 14.3. The molecule has 6 heteroatoms. The van der Waals surface area contributed by atoms with Gasteiger partial charge in [0.1, 0.15) is 23.4 Å². The second-order valence-electron chi connectivity index (χ2n) is 12.2. The molecule has 202 valence electrons. The van der Waals surface area contributed by atoms with Gasteiger partial charge in [-0.2, -0.15) is 0 Å². The van der Waals surface area contributed by atoms with Gasteiger partial charge in [0.05, 0.1) is 10.9 Å². The fourth-order valence-corrected chi connectivity index (χ4v) is 6.70. The maximum Gasteiger partial charge on any atom is 0.477 e. The third-order valence-corrected chi connectivity index (χ3v) is 8.73. The van der Waals surface area contributed by atoms with Crippen molar-refractivity contribution in [1.29, 1.82) is 0 Å². The molecule has 4 aromatic carbocycles. The fourth-order valence-electron chi connectivity index (χ4n) is 6.70. The fraction of sp³-hybridized carbons (Fsp3) is 0.139. The second kappa shape index (κ2) is 7.95. The van der Waals surface area contributed by atoms with E-state index in [0.717, 1.165) is 51.2 Å². The lowest BCUT2D eigenvalue weighted by atomic mass is 9.84. The molecule has 1 spiro atoms. The lowest BCUT2D eigenvalue weighted by Gasteiger charge is -2.31. The molecular formula is C36H28N4O2+2. The number of ether oxygens (including phenoxy) is 2. The topological polar surface area (TPSA) is 44.0 Å². The third kappa shape index (κ3) is 2.96. The summed E-state index contributed by atoms with van der Waals surface area (Å²) >= 11 is 0. The summed E-state index contributed by atoms with van der Waals surface area (Å²) in [5.74, 6) is 3.14. The van der Waals surface area contributed by atoms with Crippen LogP contribution in [0.15, 0.2) is 116 Å². The molecule has 2 aromatic heterocycles. The average molecular weight is 549 g/mol. The molecule has 0 N–H and O–H groups in total. The van der Waals surface area contributed by atoms with Gasteiger partial charge in [-0.05, 0) is 46.4 Å². The lowest BCUT2D eigenvalue weighted by Crippen LogP contribution is -2.77. The molecule has 42 heavy (non-hydrogen) atoms. The van der Waals surface area contributed by atoms with E-state index in [9.17, 15) is 0 Å². The van der Waals surface area contributed by atoms with Crippen molar-refractivity contribution in [3.63, 3.8) is 0 Å². The van der Waals surface area contributed by atoms with Crippen LogP contribution in [-0.2, 0) is 11.1 Å². The van der Waals surface area contributed by atoms with E-state index in [2.05, 4.69) is 114 Å². The van der Waals surface area contributed by atoms with Gasteiger partial charge in [-0.1, -0.05) is 96.8 Å². The van der Waals surface area contributed by atoms with Crippen molar-refractivity contribution < 1.29 is 18.8 Å². The molecule has 3 aliphatic rings. The van der Waals surface area contributed by atoms with E-state index < -0.39 is 5.66 Å². The van der Waals surface area contributed by atoms with Crippen LogP contribution < -0.4 is 18.8 Å². The molecular weight excluding hydrogens is 520 g/mol. The predicted octanol–water partition coefficient (Wildman–Crippen LogP) is 6.90. The summed E-state index contributed by atoms with van der Waals surface area (Å²) in [4.78, 5) is 2.11. The number of fused-ring (bicyclic) bond motifs is 3. The van der Waals surface area contributed by atoms with Crippen molar-refractivity contribution in [3.05, 3.63) is 132 Å². The van der Waals surface area contributed by atoms with E-state index in [1.54, 1.807) is 0 Å². The minimum absolute atomic E-state index is 0.0299. The summed E-state index contributed by atoms with van der Waals surface area (Å²) in [5.41, 5.74) is 7.72. The quantitative estimate of drug-likeness (QED) is 0.221. The van der Waals surface area contributed by atoms with Crippen molar-refractivity contribution in [1.82, 2.24) is 9.78 Å². The molecule has 5 heterocycles. The third-order valence-electron chi connectivity index (χ3n) is 8.73. The summed E-state index contributed by atoms with van der Waals surface area (Å²) < 4.78 is 17.5. The summed E-state index contributed by atoms with van der Waals surface area (Å²) in [6, 6.07) is 35.7. The van der Waals surface area contributed by atoms with Gasteiger partial charge in [0.15, 0.2) is 28.8 Å². The smallest absolute Gasteiger partial charge is 0.455 e. The first kappa shape index (κ1) is 23.5. The largest absolute Gasteiger partial charge is 0.477 e. The Balaban J connectivity index is 1.30. The van der Waals surface area contributed by atoms with Gasteiger partial charge >= 0.3 is 11.5 Å². The van der Waals surface area contributed by atoms with E-state index in [1.165, 1.54) is 16.7 Å². The highest BCUT2D eigenvalue weighted by atomic mass is 16.5. The van der Waals surface area contributed by atoms with Crippen molar-refractivity contribution >= 4 is 0 Å². The Morgan fingerprint density at radius 2 is 1.36 bits per heavy atom. The standard InChI is InChI=1S/C36H28N4O2/c1-35(2,3)26-19-20-38-32(21-26)42-31-14-8-13-30-34(31)36(38)33-28(11-7-12-29(33)41-30)39-22-27(37-40(36)39)25-17-15-24(16-18-25)23-9-5-4-6-10-23/h4-22H,1-3H3/q+2. The van der Waals surface area contributed by atoms with Crippen LogP contribution in [0.25, 0.3) is 28.1 Å². The van der Waals surface area contributed by atoms with Gasteiger partial charge in [-0.25, -0.2) is 0 Å². The van der Waals surface area contributed by atoms with E-state index >= 15 is 0 Å². The number of aromatic nitrogens is 4. The van der Waals surface area contributed by atoms with Crippen LogP contribution in [0.5, 0.6) is 23.1 Å². The van der Waals surface area contributed by atoms with Crippen molar-refractivity contribution in [3.8, 4) is 51.2 Å². The highest BCUT2D eigenvalue weighted by Gasteiger charge is 2.73. The Hall–Kier alpha value is -5.23. The number of pyridine rings is 1. The second-order valence-corrected chi connectivity index (χ2v) is 12.2. The summed E-state index contributed by atoms with van der Waals surface area (Å²) in [7, 11) is 0. The van der Waals surface area contributed by atoms with Gasteiger partial charge in [0.2, 0.25) is 0 Å². The monoisotopic (exact) mass is 548 g/mol. The number of hydrogen-bond acceptors (Lipinski definition) is 3. The van der Waals surface area contributed by atoms with Gasteiger partial charge < -0.3 is 9.47 Å². The van der Waals surface area contributed by atoms with Crippen LogP contribution in [0.2, 0.25) is 0 Å². The molecule has 0 aliphatic carbocycles. The molecule has 9 rings (SSSR count). The molecule has 0 fully saturated rings. The Kier molecular flexibility index (Phi) is 4.44. The van der Waals surface area contributed by atoms with Crippen LogP contribution in [-0.4, -0.2) is 9.78 Å². The molecule has 0 bridgehead atoms. The first-order valence-corrected chi connectivity index (χ1v) is 14.3. The first-order chi connectivity index (χ1) is 20.4. The maximum absolute atomic E-state index is 6.62. The van der Waals surface area contributed by atoms with Crippen LogP contribution in [0.4, 0.5) is 0 Å². The molecule has 0 radical (unpaired) electrons. The van der Waals surface area contributed by atoms with E-state index in [0.29, 0.717) is 0 Å². The van der Waals surface area contributed by atoms with Gasteiger partial charge in [-0.15, -0.1) is 0 Å². The SMILES string of the molecule is CC(C)(C)c1cc[n+]2c(c1)Oc1cccc3c1C21c2c(cccc2-n2cc(-c4ccc(-c5ccccc5)cc4)n[n+]21)O3. The Morgan fingerprint density at radius 3 is 2.12 bits per heavy atom. The molecule has 0 saturated heterocycles. The number of hydrogen-bond donors (Lipinski definition) is 0. The molecule has 6 nitrogen and oxygen atoms in total. The van der Waals surface area contributed by atoms with Gasteiger partial charge in [0.25, 0.3) is 0 Å². The zero-order chi connectivity index (χ0) is 28.2. The minimum atomic E-state index is -0.817. The number of nitrogens with zero attached hydrogens (tertiary/aromatic N) is 4. The van der Waals surface area contributed by atoms with E-state index in [4.69, 9.17) is 14.6 Å². The van der Waals surface area contributed by atoms with E-state index in [-0.39, 0.29) is 5.41 Å². The molecule has 1 atom stereocenters. The lowest BCUT2D eigenvalue weighted by molar-refractivity contribution is -1.02. The Bertz CT molecular complexity index is 2070. The van der Waals surface area contributed by atoms with Gasteiger partial charge in [-0.3, -0.25) is 0 Å². The van der Waals surface area contributed by atoms with Crippen LogP contribution in [0.3, 0.4) is 0 Å². The predicted molar refractivity (Wildman–Crippen MR) is 158 cm³/mol. The zero-order valence-electron chi connectivity index (χ0n) is 23.6. The zero-order valence-corrected chi connectivity index (χ0v) is 23.6. The van der Waals surface area contributed by atoms with Crippen LogP contribution in [0.1, 0.15) is 37.5 Å². The summed E-state index contributed by atoms with van der Waals surface area (Å²) in [6.07, 6.45) is 4.27. The van der Waals surface area contributed by atoms with Crippen LogP contribution in [0, 0.1) is 0 Å². The molecule has 0 saturated carbocycles. The molecule has 3 aliphatic heterocycles. The van der Waals surface area contributed by atoms with Crippen molar-refractivity contribution in [2.24, 2.45) is 0 Å². The Morgan fingerprint density at radius 1 is 0.690 bits per heavy atom. The highest BCUT2D eigenvalue weighted by molar-refractivity contribution is 5.70. The van der Waals surface area contributed by atoms with Crippen molar-refractivity contribution in [2.75, 3.05) is 0 Å². The maximum atomic E-state index is 6.62.